The van der Waals surface area contributed by atoms with Gasteiger partial charge in [0.25, 0.3) is 0 Å². The average molecular weight is 498 g/mol. The highest BCUT2D eigenvalue weighted by Gasteiger charge is 2.43. The van der Waals surface area contributed by atoms with E-state index in [2.05, 4.69) is 9.97 Å². The van der Waals surface area contributed by atoms with Gasteiger partial charge >= 0.3 is 6.09 Å². The summed E-state index contributed by atoms with van der Waals surface area (Å²) in [6, 6.07) is 0. The first-order valence-corrected chi connectivity index (χ1v) is 13.7. The monoisotopic (exact) mass is 497 g/mol. The molecule has 190 valence electrons. The molecule has 0 spiro atoms. The van der Waals surface area contributed by atoms with Crippen LogP contribution in [-0.2, 0) is 14.8 Å². The molecule has 1 amide bonds. The van der Waals surface area contributed by atoms with Crippen molar-refractivity contribution in [2.75, 3.05) is 63.1 Å². The number of hydrogen-bond donors (Lipinski definition) is 1. The van der Waals surface area contributed by atoms with Gasteiger partial charge < -0.3 is 24.4 Å². The number of ether oxygens (including phenoxy) is 2. The van der Waals surface area contributed by atoms with Gasteiger partial charge in [0, 0.05) is 45.9 Å². The van der Waals surface area contributed by atoms with Crippen LogP contribution in [0, 0.1) is 5.92 Å². The fourth-order valence-electron chi connectivity index (χ4n) is 4.16. The first kappa shape index (κ1) is 24.9. The van der Waals surface area contributed by atoms with E-state index in [-0.39, 0.29) is 30.5 Å². The van der Waals surface area contributed by atoms with Crippen molar-refractivity contribution in [1.82, 2.24) is 19.2 Å². The Morgan fingerprint density at radius 3 is 2.41 bits per heavy atom. The molecule has 1 aromatic rings. The zero-order valence-electron chi connectivity index (χ0n) is 19.8. The molecule has 11 nitrogen and oxygen atoms in total. The van der Waals surface area contributed by atoms with Crippen LogP contribution in [0.15, 0.2) is 12.4 Å². The number of amides is 1. The number of carbonyl (C=O) groups is 1. The first-order valence-electron chi connectivity index (χ1n) is 12.0. The van der Waals surface area contributed by atoms with E-state index in [0.717, 1.165) is 25.7 Å². The van der Waals surface area contributed by atoms with E-state index < -0.39 is 10.0 Å². The molecule has 1 saturated carbocycles. The molecule has 1 N–H and O–H groups in total. The van der Waals surface area contributed by atoms with Gasteiger partial charge in [-0.15, -0.1) is 0 Å². The van der Waals surface area contributed by atoms with E-state index in [1.807, 2.05) is 11.8 Å². The summed E-state index contributed by atoms with van der Waals surface area (Å²) in [4.78, 5) is 24.8. The molecule has 12 heteroatoms. The standard InChI is InChI=1S/C22H35N5O6S/c1-22(5-6-22)33-21(29)26-7-3-18(4-8-26)17-32-20-16-23-19(15-24-20)25-9-11-27(12-10-25)34(30,31)14-2-13-28/h15-16,18,28H,2-14,17H2,1H3. The van der Waals surface area contributed by atoms with Crippen LogP contribution in [0.2, 0.25) is 0 Å². The molecule has 3 heterocycles. The van der Waals surface area contributed by atoms with Crippen LogP contribution < -0.4 is 9.64 Å². The molecular formula is C22H35N5O6S. The maximum atomic E-state index is 12.3. The number of anilines is 1. The van der Waals surface area contributed by atoms with Crippen LogP contribution in [0.3, 0.4) is 0 Å². The van der Waals surface area contributed by atoms with Gasteiger partial charge in [-0.05, 0) is 44.9 Å². The molecule has 0 unspecified atom stereocenters. The van der Waals surface area contributed by atoms with Crippen molar-refractivity contribution < 1.29 is 27.8 Å². The minimum Gasteiger partial charge on any atom is -0.476 e. The largest absolute Gasteiger partial charge is 0.476 e. The van der Waals surface area contributed by atoms with E-state index in [9.17, 15) is 13.2 Å². The van der Waals surface area contributed by atoms with E-state index >= 15 is 0 Å². The number of aliphatic hydroxyl groups excluding tert-OH is 1. The fraction of sp³-hybridized carbons (Fsp3) is 0.773. The van der Waals surface area contributed by atoms with Crippen molar-refractivity contribution in [3.8, 4) is 5.88 Å². The number of nitrogens with zero attached hydrogens (tertiary/aromatic N) is 5. The first-order chi connectivity index (χ1) is 16.3. The number of hydrogen-bond acceptors (Lipinski definition) is 9. The zero-order chi connectivity index (χ0) is 24.2. The number of aliphatic hydroxyl groups is 1. The Morgan fingerprint density at radius 1 is 1.12 bits per heavy atom. The molecule has 1 aliphatic carbocycles. The second kappa shape index (κ2) is 10.6. The zero-order valence-corrected chi connectivity index (χ0v) is 20.6. The number of rotatable bonds is 9. The molecule has 4 rings (SSSR count). The highest BCUT2D eigenvalue weighted by Crippen LogP contribution is 2.39. The Hall–Kier alpha value is -2.18. The normalized spacial score (nSPS) is 21.4. The highest BCUT2D eigenvalue weighted by molar-refractivity contribution is 7.89. The van der Waals surface area contributed by atoms with Gasteiger partial charge in [0.05, 0.1) is 24.8 Å². The van der Waals surface area contributed by atoms with Gasteiger partial charge in [-0.3, -0.25) is 0 Å². The topological polar surface area (TPSA) is 125 Å². The van der Waals surface area contributed by atoms with Crippen LogP contribution in [0.25, 0.3) is 0 Å². The Labute approximate surface area is 201 Å². The molecule has 0 radical (unpaired) electrons. The quantitative estimate of drug-likeness (QED) is 0.534. The molecule has 2 saturated heterocycles. The lowest BCUT2D eigenvalue weighted by atomic mass is 9.98. The number of aromatic nitrogens is 2. The Kier molecular flexibility index (Phi) is 7.78. The second-order valence-corrected chi connectivity index (χ2v) is 11.6. The lowest BCUT2D eigenvalue weighted by Gasteiger charge is -2.34. The summed E-state index contributed by atoms with van der Waals surface area (Å²) in [5.41, 5.74) is -0.243. The third-order valence-electron chi connectivity index (χ3n) is 6.76. The van der Waals surface area contributed by atoms with Crippen LogP contribution >= 0.6 is 0 Å². The van der Waals surface area contributed by atoms with Crippen LogP contribution in [0.4, 0.5) is 10.6 Å². The third-order valence-corrected chi connectivity index (χ3v) is 8.71. The summed E-state index contributed by atoms with van der Waals surface area (Å²) in [7, 11) is -3.33. The summed E-state index contributed by atoms with van der Waals surface area (Å²) in [6.45, 7) is 5.57. The molecule has 0 aromatic carbocycles. The molecule has 2 aliphatic heterocycles. The summed E-state index contributed by atoms with van der Waals surface area (Å²) >= 11 is 0. The Morgan fingerprint density at radius 2 is 1.82 bits per heavy atom. The third kappa shape index (κ3) is 6.48. The molecule has 3 fully saturated rings. The summed E-state index contributed by atoms with van der Waals surface area (Å²) in [5.74, 6) is 1.47. The molecule has 3 aliphatic rings. The number of piperazine rings is 1. The van der Waals surface area contributed by atoms with Gasteiger partial charge in [0.15, 0.2) is 0 Å². The van der Waals surface area contributed by atoms with Crippen molar-refractivity contribution in [1.29, 1.82) is 0 Å². The molecule has 0 atom stereocenters. The summed E-state index contributed by atoms with van der Waals surface area (Å²) in [6.07, 6.45) is 6.93. The van der Waals surface area contributed by atoms with Crippen molar-refractivity contribution in [2.45, 2.75) is 44.6 Å². The lowest BCUT2D eigenvalue weighted by Crippen LogP contribution is -2.49. The van der Waals surface area contributed by atoms with E-state index in [1.165, 1.54) is 4.31 Å². The second-order valence-electron chi connectivity index (χ2n) is 9.55. The van der Waals surface area contributed by atoms with Crippen molar-refractivity contribution in [2.24, 2.45) is 5.92 Å². The molecule has 0 bridgehead atoms. The maximum Gasteiger partial charge on any atom is 0.410 e. The lowest BCUT2D eigenvalue weighted by molar-refractivity contribution is 0.0454. The molecule has 1 aromatic heterocycles. The van der Waals surface area contributed by atoms with E-state index in [4.69, 9.17) is 14.6 Å². The van der Waals surface area contributed by atoms with Crippen molar-refractivity contribution >= 4 is 21.9 Å². The van der Waals surface area contributed by atoms with Gasteiger partial charge in [-0.2, -0.15) is 4.31 Å². The van der Waals surface area contributed by atoms with Crippen LogP contribution in [0.5, 0.6) is 5.88 Å². The predicted molar refractivity (Wildman–Crippen MR) is 125 cm³/mol. The maximum absolute atomic E-state index is 12.3. The minimum atomic E-state index is -3.33. The number of carbonyl (C=O) groups excluding carboxylic acids is 1. The number of sulfonamides is 1. The number of piperidine rings is 1. The fourth-order valence-corrected chi connectivity index (χ4v) is 5.63. The Balaban J connectivity index is 1.17. The summed E-state index contributed by atoms with van der Waals surface area (Å²) < 4.78 is 37.4. The average Bonchev–Trinajstić information content (AvgIpc) is 3.58. The predicted octanol–water partition coefficient (Wildman–Crippen LogP) is 1.09. The molecule has 34 heavy (non-hydrogen) atoms. The van der Waals surface area contributed by atoms with Crippen LogP contribution in [-0.4, -0.2) is 103 Å². The van der Waals surface area contributed by atoms with Crippen molar-refractivity contribution in [3.05, 3.63) is 12.4 Å². The van der Waals surface area contributed by atoms with Crippen LogP contribution in [0.1, 0.15) is 39.0 Å². The Bertz CT molecular complexity index is 924. The van der Waals surface area contributed by atoms with E-state index in [1.54, 1.807) is 17.3 Å². The minimum absolute atomic E-state index is 0.0299. The van der Waals surface area contributed by atoms with Gasteiger partial charge in [-0.1, -0.05) is 0 Å². The van der Waals surface area contributed by atoms with Crippen molar-refractivity contribution in [3.63, 3.8) is 0 Å². The number of likely N-dealkylation sites (tertiary alicyclic amines) is 1. The van der Waals surface area contributed by atoms with Gasteiger partial charge in [0.1, 0.15) is 11.4 Å². The molecular weight excluding hydrogens is 462 g/mol. The van der Waals surface area contributed by atoms with E-state index in [0.29, 0.717) is 63.5 Å². The van der Waals surface area contributed by atoms with Gasteiger partial charge in [-0.25, -0.2) is 23.2 Å². The highest BCUT2D eigenvalue weighted by atomic mass is 32.2. The smallest absolute Gasteiger partial charge is 0.410 e. The summed E-state index contributed by atoms with van der Waals surface area (Å²) in [5, 5.41) is 8.88. The van der Waals surface area contributed by atoms with Gasteiger partial charge in [0.2, 0.25) is 15.9 Å². The SMILES string of the molecule is CC1(OC(=O)N2CCC(COc3cnc(N4CCN(S(=O)(=O)CCCO)CC4)cn3)CC2)CC1.